The first-order chi connectivity index (χ1) is 8.20. The van der Waals surface area contributed by atoms with Crippen LogP contribution in [0.4, 0.5) is 0 Å². The number of hydrogen-bond acceptors (Lipinski definition) is 3. The third-order valence-electron chi connectivity index (χ3n) is 4.73. The predicted molar refractivity (Wildman–Crippen MR) is 66.5 cm³/mol. The van der Waals surface area contributed by atoms with Crippen molar-refractivity contribution in [3.05, 3.63) is 0 Å². The van der Waals surface area contributed by atoms with E-state index in [1.54, 1.807) is 0 Å². The minimum atomic E-state index is -0.162. The summed E-state index contributed by atoms with van der Waals surface area (Å²) in [6.45, 7) is 4.07. The van der Waals surface area contributed by atoms with Gasteiger partial charge in [0.25, 0.3) is 0 Å². The van der Waals surface area contributed by atoms with Gasteiger partial charge in [-0.1, -0.05) is 12.8 Å². The molecule has 0 bridgehead atoms. The van der Waals surface area contributed by atoms with Crippen LogP contribution in [0.2, 0.25) is 0 Å². The molecule has 17 heavy (non-hydrogen) atoms. The van der Waals surface area contributed by atoms with Crippen molar-refractivity contribution in [2.45, 2.75) is 37.6 Å². The second-order valence-electron chi connectivity index (χ2n) is 6.07. The molecule has 4 nitrogen and oxygen atoms in total. The van der Waals surface area contributed by atoms with Crippen LogP contribution in [-0.2, 0) is 4.79 Å². The van der Waals surface area contributed by atoms with Gasteiger partial charge in [0.05, 0.1) is 12.2 Å². The summed E-state index contributed by atoms with van der Waals surface area (Å²) in [6.07, 6.45) is 5.75. The van der Waals surface area contributed by atoms with Gasteiger partial charge in [0.15, 0.2) is 0 Å². The van der Waals surface area contributed by atoms with E-state index in [-0.39, 0.29) is 5.54 Å². The van der Waals surface area contributed by atoms with Gasteiger partial charge in [-0.3, -0.25) is 10.1 Å². The van der Waals surface area contributed by atoms with Gasteiger partial charge in [-0.05, 0) is 38.8 Å². The maximum absolute atomic E-state index is 12.4. The Kier molecular flexibility index (Phi) is 2.87. The lowest BCUT2D eigenvalue weighted by Crippen LogP contribution is -2.44. The Balaban J connectivity index is 1.60. The molecule has 1 saturated carbocycles. The summed E-state index contributed by atoms with van der Waals surface area (Å²) in [4.78, 5) is 16.9. The molecule has 1 amide bonds. The second-order valence-corrected chi connectivity index (χ2v) is 6.07. The Morgan fingerprint density at radius 2 is 2.18 bits per heavy atom. The van der Waals surface area contributed by atoms with Crippen LogP contribution in [-0.4, -0.2) is 54.6 Å². The molecule has 2 saturated heterocycles. The smallest absolute Gasteiger partial charge is 0.243 e. The molecule has 0 aromatic carbocycles. The first-order valence-electron chi connectivity index (χ1n) is 6.93. The molecular weight excluding hydrogens is 214 g/mol. The summed E-state index contributed by atoms with van der Waals surface area (Å²) in [6, 6.07) is 0. The van der Waals surface area contributed by atoms with E-state index in [9.17, 15) is 4.79 Å². The van der Waals surface area contributed by atoms with Crippen molar-refractivity contribution in [2.75, 3.05) is 33.4 Å². The zero-order valence-corrected chi connectivity index (χ0v) is 10.7. The number of likely N-dealkylation sites (tertiary alicyclic amines) is 1. The molecule has 4 heteroatoms. The number of carbonyl (C=O) groups excluding carboxylic acids is 1. The van der Waals surface area contributed by atoms with E-state index in [4.69, 9.17) is 0 Å². The molecular formula is C13H23N3O. The van der Waals surface area contributed by atoms with Crippen molar-refractivity contribution in [3.63, 3.8) is 0 Å². The van der Waals surface area contributed by atoms with Crippen molar-refractivity contribution in [1.29, 1.82) is 0 Å². The van der Waals surface area contributed by atoms with Crippen LogP contribution in [0.1, 0.15) is 32.1 Å². The van der Waals surface area contributed by atoms with Crippen LogP contribution in [0.5, 0.6) is 0 Å². The van der Waals surface area contributed by atoms with Crippen molar-refractivity contribution in [1.82, 2.24) is 15.1 Å². The summed E-state index contributed by atoms with van der Waals surface area (Å²) in [5.74, 6) is 1.06. The summed E-state index contributed by atoms with van der Waals surface area (Å²) < 4.78 is 0. The zero-order chi connectivity index (χ0) is 11.9. The fourth-order valence-corrected chi connectivity index (χ4v) is 3.70. The van der Waals surface area contributed by atoms with Crippen molar-refractivity contribution < 1.29 is 4.79 Å². The number of carbonyl (C=O) groups is 1. The largest absolute Gasteiger partial charge is 0.328 e. The first kappa shape index (κ1) is 11.5. The minimum Gasteiger partial charge on any atom is -0.328 e. The lowest BCUT2D eigenvalue weighted by atomic mass is 9.97. The van der Waals surface area contributed by atoms with Crippen LogP contribution in [0.3, 0.4) is 0 Å². The number of hydrogen-bond donors (Lipinski definition) is 1. The minimum absolute atomic E-state index is 0.162. The molecule has 1 spiro atoms. The average Bonchev–Trinajstić information content (AvgIpc) is 2.99. The fourth-order valence-electron chi connectivity index (χ4n) is 3.70. The van der Waals surface area contributed by atoms with Crippen molar-refractivity contribution in [3.8, 4) is 0 Å². The molecule has 0 radical (unpaired) electrons. The summed E-state index contributed by atoms with van der Waals surface area (Å²) in [5, 5.41) is 3.48. The fraction of sp³-hybridized carbons (Fsp3) is 0.923. The molecule has 1 unspecified atom stereocenters. The zero-order valence-electron chi connectivity index (χ0n) is 10.7. The summed E-state index contributed by atoms with van der Waals surface area (Å²) in [7, 11) is 2.17. The van der Waals surface area contributed by atoms with Gasteiger partial charge in [-0.15, -0.1) is 0 Å². The highest BCUT2D eigenvalue weighted by Crippen LogP contribution is 2.34. The molecule has 1 atom stereocenters. The van der Waals surface area contributed by atoms with E-state index in [0.29, 0.717) is 11.8 Å². The SMILES string of the molecule is CN1CCC(CN2CNC3(CCCC3)C2=O)C1. The van der Waals surface area contributed by atoms with Crippen LogP contribution in [0.25, 0.3) is 0 Å². The van der Waals surface area contributed by atoms with Crippen molar-refractivity contribution in [2.24, 2.45) is 5.92 Å². The molecule has 1 N–H and O–H groups in total. The third-order valence-corrected chi connectivity index (χ3v) is 4.73. The first-order valence-corrected chi connectivity index (χ1v) is 6.93. The highest BCUT2D eigenvalue weighted by Gasteiger charge is 2.48. The molecule has 3 aliphatic rings. The molecule has 2 heterocycles. The van der Waals surface area contributed by atoms with E-state index < -0.39 is 0 Å². The molecule has 0 aromatic rings. The standard InChI is InChI=1S/C13H23N3O/c1-15-7-4-11(8-15)9-16-10-14-13(12(16)17)5-2-3-6-13/h11,14H,2-10H2,1H3. The topological polar surface area (TPSA) is 35.6 Å². The highest BCUT2D eigenvalue weighted by atomic mass is 16.2. The maximum Gasteiger partial charge on any atom is 0.243 e. The highest BCUT2D eigenvalue weighted by molar-refractivity contribution is 5.88. The van der Waals surface area contributed by atoms with E-state index >= 15 is 0 Å². The molecule has 0 aromatic heterocycles. The lowest BCUT2D eigenvalue weighted by Gasteiger charge is -2.23. The monoisotopic (exact) mass is 237 g/mol. The van der Waals surface area contributed by atoms with Crippen LogP contribution < -0.4 is 5.32 Å². The second kappa shape index (κ2) is 4.25. The van der Waals surface area contributed by atoms with Gasteiger partial charge >= 0.3 is 0 Å². The Morgan fingerprint density at radius 3 is 2.82 bits per heavy atom. The van der Waals surface area contributed by atoms with Gasteiger partial charge in [0.1, 0.15) is 0 Å². The average molecular weight is 237 g/mol. The van der Waals surface area contributed by atoms with Crippen molar-refractivity contribution >= 4 is 5.91 Å². The summed E-state index contributed by atoms with van der Waals surface area (Å²) in [5.41, 5.74) is -0.162. The molecule has 2 aliphatic heterocycles. The molecule has 3 rings (SSSR count). The van der Waals surface area contributed by atoms with Crippen LogP contribution in [0.15, 0.2) is 0 Å². The third kappa shape index (κ3) is 1.97. The maximum atomic E-state index is 12.4. The van der Waals surface area contributed by atoms with E-state index in [0.717, 1.165) is 32.6 Å². The quantitative estimate of drug-likeness (QED) is 0.765. The van der Waals surface area contributed by atoms with Gasteiger partial charge in [-0.2, -0.15) is 0 Å². The van der Waals surface area contributed by atoms with Gasteiger partial charge in [0, 0.05) is 13.1 Å². The lowest BCUT2D eigenvalue weighted by molar-refractivity contribution is -0.132. The number of rotatable bonds is 2. The van der Waals surface area contributed by atoms with Crippen LogP contribution >= 0.6 is 0 Å². The number of nitrogens with one attached hydrogen (secondary N) is 1. The normalized spacial score (nSPS) is 33.1. The van der Waals surface area contributed by atoms with E-state index in [1.165, 1.54) is 25.8 Å². The Morgan fingerprint density at radius 1 is 1.41 bits per heavy atom. The summed E-state index contributed by atoms with van der Waals surface area (Å²) >= 11 is 0. The molecule has 96 valence electrons. The van der Waals surface area contributed by atoms with Gasteiger partial charge in [-0.25, -0.2) is 0 Å². The van der Waals surface area contributed by atoms with Gasteiger partial charge < -0.3 is 9.80 Å². The van der Waals surface area contributed by atoms with Gasteiger partial charge in [0.2, 0.25) is 5.91 Å². The molecule has 1 aliphatic carbocycles. The Hall–Kier alpha value is -0.610. The number of nitrogens with zero attached hydrogens (tertiary/aromatic N) is 2. The van der Waals surface area contributed by atoms with E-state index in [2.05, 4.69) is 22.2 Å². The Labute approximate surface area is 103 Å². The molecule has 3 fully saturated rings. The number of amides is 1. The van der Waals surface area contributed by atoms with E-state index in [1.807, 2.05) is 0 Å². The predicted octanol–water partition coefficient (Wildman–Crippen LogP) is 0.640. The Bertz CT molecular complexity index is 312. The van der Waals surface area contributed by atoms with Crippen LogP contribution in [0, 0.1) is 5.92 Å².